The van der Waals surface area contributed by atoms with Crippen molar-refractivity contribution in [1.29, 1.82) is 5.26 Å². The van der Waals surface area contributed by atoms with Crippen molar-refractivity contribution in [2.75, 3.05) is 31.1 Å². The maximum absolute atomic E-state index is 14.9. The number of halogens is 1. The van der Waals surface area contributed by atoms with E-state index in [0.717, 1.165) is 30.6 Å². The van der Waals surface area contributed by atoms with Gasteiger partial charge in [-0.3, -0.25) is 9.59 Å². The lowest BCUT2D eigenvalue weighted by Gasteiger charge is -2.36. The van der Waals surface area contributed by atoms with Crippen molar-refractivity contribution < 1.29 is 13.9 Å². The lowest BCUT2D eigenvalue weighted by atomic mass is 9.96. The number of carbonyl (C=O) groups is 1. The fourth-order valence-electron chi connectivity index (χ4n) is 5.38. The van der Waals surface area contributed by atoms with Crippen molar-refractivity contribution in [2.24, 2.45) is 0 Å². The monoisotopic (exact) mass is 552 g/mol. The Hall–Kier alpha value is -4.78. The standard InChI is InChI=1S/C31H29FN6O3/c1-19-13-21(17-33)18-34-29(19)37-9-11-38(12-10-37)31(40)26-14-20(5-8-27(26)32)15-28-25-16-23(41-22-3-2-4-22)6-7-24(25)30(39)36-35-28/h5-8,13-14,16,18,22H,2-4,9-12,15H2,1H3,(H,36,39). The van der Waals surface area contributed by atoms with Gasteiger partial charge in [-0.05, 0) is 73.7 Å². The molecule has 0 radical (unpaired) electrons. The molecule has 3 heterocycles. The fourth-order valence-corrected chi connectivity index (χ4v) is 5.38. The third-order valence-electron chi connectivity index (χ3n) is 7.87. The summed E-state index contributed by atoms with van der Waals surface area (Å²) in [5, 5.41) is 17.1. The van der Waals surface area contributed by atoms with Crippen LogP contribution in [0.1, 0.15) is 52.0 Å². The first-order valence-corrected chi connectivity index (χ1v) is 13.8. The van der Waals surface area contributed by atoms with E-state index in [2.05, 4.69) is 26.2 Å². The maximum atomic E-state index is 14.9. The van der Waals surface area contributed by atoms with Crippen molar-refractivity contribution in [3.63, 3.8) is 0 Å². The summed E-state index contributed by atoms with van der Waals surface area (Å²) in [4.78, 5) is 34.0. The number of nitrogens with one attached hydrogen (secondary N) is 1. The predicted octanol–water partition coefficient (Wildman–Crippen LogP) is 4.12. The highest BCUT2D eigenvalue weighted by atomic mass is 19.1. The number of ether oxygens (including phenoxy) is 1. The molecule has 9 nitrogen and oxygen atoms in total. The van der Waals surface area contributed by atoms with Gasteiger partial charge in [0, 0.05) is 44.2 Å². The minimum atomic E-state index is -0.582. The van der Waals surface area contributed by atoms with Gasteiger partial charge in [0.15, 0.2) is 0 Å². The second-order valence-electron chi connectivity index (χ2n) is 10.6. The minimum Gasteiger partial charge on any atom is -0.490 e. The molecule has 6 rings (SSSR count). The van der Waals surface area contributed by atoms with Crippen LogP contribution in [0.5, 0.6) is 5.75 Å². The first kappa shape index (κ1) is 26.4. The lowest BCUT2D eigenvalue weighted by Crippen LogP contribution is -2.49. The Kier molecular flexibility index (Phi) is 7.10. The number of piperazine rings is 1. The zero-order valence-electron chi connectivity index (χ0n) is 22.7. The number of pyridine rings is 1. The number of anilines is 1. The molecule has 10 heteroatoms. The van der Waals surface area contributed by atoms with E-state index in [1.165, 1.54) is 6.07 Å². The third kappa shape index (κ3) is 5.35. The van der Waals surface area contributed by atoms with Crippen molar-refractivity contribution in [3.8, 4) is 11.8 Å². The SMILES string of the molecule is Cc1cc(C#N)cnc1N1CCN(C(=O)c2cc(Cc3n[nH]c(=O)c4ccc(OC5CCC5)cc34)ccc2F)CC1. The van der Waals surface area contributed by atoms with E-state index in [1.807, 2.05) is 13.0 Å². The summed E-state index contributed by atoms with van der Waals surface area (Å²) in [5.41, 5.74) is 2.43. The first-order valence-electron chi connectivity index (χ1n) is 13.8. The van der Waals surface area contributed by atoms with Crippen LogP contribution in [0.4, 0.5) is 10.2 Å². The summed E-state index contributed by atoms with van der Waals surface area (Å²) >= 11 is 0. The van der Waals surface area contributed by atoms with E-state index in [9.17, 15) is 14.0 Å². The molecule has 2 aromatic carbocycles. The van der Waals surface area contributed by atoms with E-state index in [4.69, 9.17) is 10.00 Å². The molecule has 1 aliphatic heterocycles. The van der Waals surface area contributed by atoms with Gasteiger partial charge in [0.2, 0.25) is 0 Å². The van der Waals surface area contributed by atoms with Crippen LogP contribution in [0, 0.1) is 24.1 Å². The number of hydrogen-bond acceptors (Lipinski definition) is 7. The van der Waals surface area contributed by atoms with Crippen LogP contribution in [0.3, 0.4) is 0 Å². The van der Waals surface area contributed by atoms with E-state index < -0.39 is 5.82 Å². The van der Waals surface area contributed by atoms with Gasteiger partial charge in [0.25, 0.3) is 11.5 Å². The van der Waals surface area contributed by atoms with Crippen LogP contribution in [-0.4, -0.2) is 58.3 Å². The average Bonchev–Trinajstić information content (AvgIpc) is 2.97. The van der Waals surface area contributed by atoms with Gasteiger partial charge in [-0.25, -0.2) is 14.5 Å². The van der Waals surface area contributed by atoms with Crippen LogP contribution in [-0.2, 0) is 6.42 Å². The topological polar surface area (TPSA) is 115 Å². The second-order valence-corrected chi connectivity index (χ2v) is 10.6. The number of benzene rings is 2. The van der Waals surface area contributed by atoms with E-state index in [0.29, 0.717) is 65.9 Å². The van der Waals surface area contributed by atoms with Crippen molar-refractivity contribution >= 4 is 22.5 Å². The highest BCUT2D eigenvalue weighted by Gasteiger charge is 2.26. The molecule has 1 amide bonds. The average molecular weight is 553 g/mol. The number of aryl methyl sites for hydroxylation is 1. The Morgan fingerprint density at radius 3 is 2.63 bits per heavy atom. The Morgan fingerprint density at radius 1 is 1.12 bits per heavy atom. The molecule has 1 saturated heterocycles. The van der Waals surface area contributed by atoms with Crippen molar-refractivity contribution in [2.45, 2.75) is 38.7 Å². The minimum absolute atomic E-state index is 0.00589. The van der Waals surface area contributed by atoms with E-state index in [-0.39, 0.29) is 23.1 Å². The van der Waals surface area contributed by atoms with E-state index in [1.54, 1.807) is 41.4 Å². The Bertz CT molecular complexity index is 1730. The Balaban J connectivity index is 1.19. The molecule has 2 aliphatic rings. The summed E-state index contributed by atoms with van der Waals surface area (Å²) in [5.74, 6) is 0.521. The third-order valence-corrected chi connectivity index (χ3v) is 7.87. The molecule has 1 N–H and O–H groups in total. The molecule has 0 unspecified atom stereocenters. The van der Waals surface area contributed by atoms with Gasteiger partial charge in [0.1, 0.15) is 23.5 Å². The van der Waals surface area contributed by atoms with Crippen LogP contribution in [0.25, 0.3) is 10.8 Å². The predicted molar refractivity (Wildman–Crippen MR) is 152 cm³/mol. The van der Waals surface area contributed by atoms with Gasteiger partial charge in [0.05, 0.1) is 28.3 Å². The van der Waals surface area contributed by atoms with Gasteiger partial charge >= 0.3 is 0 Å². The smallest absolute Gasteiger partial charge is 0.272 e. The molecular weight excluding hydrogens is 523 g/mol. The molecule has 1 aliphatic carbocycles. The molecule has 4 aromatic rings. The highest BCUT2D eigenvalue weighted by molar-refractivity contribution is 5.95. The van der Waals surface area contributed by atoms with Crippen LogP contribution in [0.15, 0.2) is 53.5 Å². The summed E-state index contributed by atoms with van der Waals surface area (Å²) in [6.07, 6.45) is 5.24. The molecule has 0 atom stereocenters. The first-order chi connectivity index (χ1) is 19.9. The van der Waals surface area contributed by atoms with Crippen LogP contribution < -0.4 is 15.2 Å². The summed E-state index contributed by atoms with van der Waals surface area (Å²) in [7, 11) is 0. The van der Waals surface area contributed by atoms with Crippen LogP contribution in [0.2, 0.25) is 0 Å². The van der Waals surface area contributed by atoms with Gasteiger partial charge in [-0.2, -0.15) is 10.4 Å². The number of carbonyl (C=O) groups excluding carboxylic acids is 1. The summed E-state index contributed by atoms with van der Waals surface area (Å²) in [6.45, 7) is 3.83. The molecular formula is C31H29FN6O3. The number of rotatable bonds is 6. The number of amides is 1. The van der Waals surface area contributed by atoms with Gasteiger partial charge in [-0.1, -0.05) is 6.07 Å². The lowest BCUT2D eigenvalue weighted by molar-refractivity contribution is 0.0741. The highest BCUT2D eigenvalue weighted by Crippen LogP contribution is 2.28. The Morgan fingerprint density at radius 2 is 1.93 bits per heavy atom. The number of aromatic amines is 1. The summed E-state index contributed by atoms with van der Waals surface area (Å²) < 4.78 is 21.0. The molecule has 0 spiro atoms. The second kappa shape index (κ2) is 11.0. The maximum Gasteiger partial charge on any atom is 0.272 e. The summed E-state index contributed by atoms with van der Waals surface area (Å²) in [6, 6.07) is 13.8. The van der Waals surface area contributed by atoms with Gasteiger partial charge < -0.3 is 14.5 Å². The van der Waals surface area contributed by atoms with Crippen molar-refractivity contribution in [3.05, 3.63) is 92.8 Å². The van der Waals surface area contributed by atoms with Crippen LogP contribution >= 0.6 is 0 Å². The molecule has 2 aromatic heterocycles. The number of hydrogen-bond donors (Lipinski definition) is 1. The van der Waals surface area contributed by atoms with Crippen molar-refractivity contribution in [1.82, 2.24) is 20.1 Å². The number of nitrogens with zero attached hydrogens (tertiary/aromatic N) is 5. The van der Waals surface area contributed by atoms with E-state index >= 15 is 0 Å². The quantitative estimate of drug-likeness (QED) is 0.383. The van der Waals surface area contributed by atoms with Gasteiger partial charge in [-0.15, -0.1) is 0 Å². The molecule has 1 saturated carbocycles. The molecule has 208 valence electrons. The zero-order chi connectivity index (χ0) is 28.5. The fraction of sp³-hybridized carbons (Fsp3) is 0.323. The largest absolute Gasteiger partial charge is 0.490 e. The number of aromatic nitrogens is 3. The molecule has 2 fully saturated rings. The number of fused-ring (bicyclic) bond motifs is 1. The Labute approximate surface area is 236 Å². The number of nitriles is 1. The number of H-pyrrole nitrogens is 1. The zero-order valence-corrected chi connectivity index (χ0v) is 22.7. The molecule has 0 bridgehead atoms. The normalized spacial score (nSPS) is 15.4. The molecule has 41 heavy (non-hydrogen) atoms.